The number of hydrogen-bond acceptors (Lipinski definition) is 5. The molecule has 0 amide bonds. The summed E-state index contributed by atoms with van der Waals surface area (Å²) < 4.78 is 22.6. The molecular weight excluding hydrogens is 270 g/mol. The van der Waals surface area contributed by atoms with Crippen LogP contribution in [-0.2, 0) is 11.3 Å². The molecule has 3 heterocycles. The van der Waals surface area contributed by atoms with Gasteiger partial charge in [-0.1, -0.05) is 0 Å². The quantitative estimate of drug-likeness (QED) is 0.918. The third kappa shape index (κ3) is 2.45. The van der Waals surface area contributed by atoms with Gasteiger partial charge in [0.25, 0.3) is 0 Å². The van der Waals surface area contributed by atoms with Crippen molar-refractivity contribution in [3.05, 3.63) is 17.7 Å². The van der Waals surface area contributed by atoms with Crippen LogP contribution in [0.25, 0.3) is 0 Å². The molecule has 2 bridgehead atoms. The predicted octanol–water partition coefficient (Wildman–Crippen LogP) is 1.88. The Labute approximate surface area is 124 Å². The maximum atomic E-state index is 5.88. The molecule has 114 valence electrons. The molecule has 3 atom stereocenters. The van der Waals surface area contributed by atoms with E-state index in [2.05, 4.69) is 5.32 Å². The van der Waals surface area contributed by atoms with Crippen LogP contribution in [0.1, 0.15) is 24.8 Å². The maximum Gasteiger partial charge on any atom is 0.203 e. The Kier molecular flexibility index (Phi) is 3.39. The zero-order chi connectivity index (χ0) is 14.2. The first-order chi connectivity index (χ1) is 10.3. The van der Waals surface area contributed by atoms with Gasteiger partial charge in [0.1, 0.15) is 13.2 Å². The molecule has 21 heavy (non-hydrogen) atoms. The average Bonchev–Trinajstić information content (AvgIpc) is 3.15. The Morgan fingerprint density at radius 1 is 1.24 bits per heavy atom. The molecule has 1 aromatic carbocycles. The van der Waals surface area contributed by atoms with Crippen molar-refractivity contribution in [2.75, 3.05) is 20.3 Å². The molecule has 5 nitrogen and oxygen atoms in total. The van der Waals surface area contributed by atoms with E-state index >= 15 is 0 Å². The van der Waals surface area contributed by atoms with E-state index in [0.717, 1.165) is 35.8 Å². The van der Waals surface area contributed by atoms with Crippen LogP contribution in [0, 0.1) is 0 Å². The zero-order valence-corrected chi connectivity index (χ0v) is 12.3. The Morgan fingerprint density at radius 2 is 2.14 bits per heavy atom. The van der Waals surface area contributed by atoms with E-state index < -0.39 is 0 Å². The van der Waals surface area contributed by atoms with E-state index in [-0.39, 0.29) is 0 Å². The van der Waals surface area contributed by atoms with Crippen molar-refractivity contribution in [1.29, 1.82) is 0 Å². The Bertz CT molecular complexity index is 516. The first-order valence-corrected chi connectivity index (χ1v) is 7.69. The molecule has 0 aromatic heterocycles. The first-order valence-electron chi connectivity index (χ1n) is 7.69. The van der Waals surface area contributed by atoms with Crippen molar-refractivity contribution in [3.8, 4) is 17.2 Å². The Balaban J connectivity index is 1.47. The van der Waals surface area contributed by atoms with Crippen LogP contribution in [0.4, 0.5) is 0 Å². The van der Waals surface area contributed by atoms with Gasteiger partial charge in [-0.25, -0.2) is 0 Å². The second-order valence-corrected chi connectivity index (χ2v) is 5.92. The highest BCUT2D eigenvalue weighted by molar-refractivity contribution is 5.54. The van der Waals surface area contributed by atoms with Gasteiger partial charge < -0.3 is 24.3 Å². The fraction of sp³-hybridized carbons (Fsp3) is 0.625. The lowest BCUT2D eigenvalue weighted by molar-refractivity contribution is 0.0972. The van der Waals surface area contributed by atoms with Gasteiger partial charge in [0.05, 0.1) is 19.3 Å². The molecule has 4 rings (SSSR count). The molecule has 0 aliphatic carbocycles. The van der Waals surface area contributed by atoms with E-state index in [4.69, 9.17) is 18.9 Å². The molecule has 0 radical (unpaired) electrons. The second-order valence-electron chi connectivity index (χ2n) is 5.92. The number of hydrogen-bond donors (Lipinski definition) is 1. The summed E-state index contributed by atoms with van der Waals surface area (Å²) in [7, 11) is 1.66. The van der Waals surface area contributed by atoms with Crippen LogP contribution in [0.3, 0.4) is 0 Å². The van der Waals surface area contributed by atoms with E-state index in [1.807, 2.05) is 12.1 Å². The summed E-state index contributed by atoms with van der Waals surface area (Å²) in [4.78, 5) is 0. The largest absolute Gasteiger partial charge is 0.493 e. The molecule has 3 aliphatic rings. The topological polar surface area (TPSA) is 49.0 Å². The maximum absolute atomic E-state index is 5.88. The van der Waals surface area contributed by atoms with Crippen LogP contribution < -0.4 is 19.5 Å². The molecule has 3 aliphatic heterocycles. The van der Waals surface area contributed by atoms with Crippen LogP contribution in [0.15, 0.2) is 12.1 Å². The number of nitrogens with one attached hydrogen (secondary N) is 1. The summed E-state index contributed by atoms with van der Waals surface area (Å²) in [5, 5.41) is 3.61. The normalized spacial score (nSPS) is 29.7. The molecule has 1 N–H and O–H groups in total. The lowest BCUT2D eigenvalue weighted by atomic mass is 9.95. The summed E-state index contributed by atoms with van der Waals surface area (Å²) in [5.41, 5.74) is 1.15. The Hall–Kier alpha value is -1.46. The highest BCUT2D eigenvalue weighted by Gasteiger charge is 2.40. The summed E-state index contributed by atoms with van der Waals surface area (Å²) >= 11 is 0. The fourth-order valence-electron chi connectivity index (χ4n) is 3.53. The molecule has 3 unspecified atom stereocenters. The molecule has 1 aromatic rings. The summed E-state index contributed by atoms with van der Waals surface area (Å²) in [6.07, 6.45) is 4.41. The summed E-state index contributed by atoms with van der Waals surface area (Å²) in [5.74, 6) is 2.24. The first kappa shape index (κ1) is 13.2. The molecule has 2 saturated heterocycles. The molecule has 5 heteroatoms. The van der Waals surface area contributed by atoms with E-state index in [9.17, 15) is 0 Å². The van der Waals surface area contributed by atoms with E-state index in [0.29, 0.717) is 31.5 Å². The van der Waals surface area contributed by atoms with E-state index in [1.54, 1.807) is 7.11 Å². The minimum Gasteiger partial charge on any atom is -0.493 e. The number of benzene rings is 1. The van der Waals surface area contributed by atoms with Gasteiger partial charge in [-0.15, -0.1) is 0 Å². The minimum absolute atomic E-state index is 0.397. The second kappa shape index (κ2) is 5.39. The van der Waals surface area contributed by atoms with Gasteiger partial charge >= 0.3 is 0 Å². The van der Waals surface area contributed by atoms with Gasteiger partial charge in [0.15, 0.2) is 11.5 Å². The fourth-order valence-corrected chi connectivity index (χ4v) is 3.53. The monoisotopic (exact) mass is 291 g/mol. The van der Waals surface area contributed by atoms with Crippen molar-refractivity contribution >= 4 is 0 Å². The van der Waals surface area contributed by atoms with E-state index in [1.165, 1.54) is 12.8 Å². The Morgan fingerprint density at radius 3 is 2.90 bits per heavy atom. The smallest absolute Gasteiger partial charge is 0.203 e. The molecule has 2 fully saturated rings. The number of fused-ring (bicyclic) bond motifs is 3. The lowest BCUT2D eigenvalue weighted by Crippen LogP contribution is -2.37. The van der Waals surface area contributed by atoms with Crippen LogP contribution in [0.5, 0.6) is 17.2 Å². The van der Waals surface area contributed by atoms with Gasteiger partial charge in [-0.05, 0) is 37.0 Å². The van der Waals surface area contributed by atoms with Crippen LogP contribution >= 0.6 is 0 Å². The van der Waals surface area contributed by atoms with Crippen molar-refractivity contribution < 1.29 is 18.9 Å². The van der Waals surface area contributed by atoms with Gasteiger partial charge in [-0.3, -0.25) is 0 Å². The number of ether oxygens (including phenoxy) is 4. The predicted molar refractivity (Wildman–Crippen MR) is 77.1 cm³/mol. The summed E-state index contributed by atoms with van der Waals surface area (Å²) in [6.45, 7) is 1.96. The lowest BCUT2D eigenvalue weighted by Gasteiger charge is -2.23. The standard InChI is InChI=1S/C16H21NO4/c1-18-14-6-10(7-15-16(14)20-5-4-19-15)9-17-12-8-11-2-3-13(12)21-11/h6-7,11-13,17H,2-5,8-9H2,1H3. The van der Waals surface area contributed by atoms with Gasteiger partial charge in [-0.2, -0.15) is 0 Å². The number of methoxy groups -OCH3 is 1. The molecular formula is C16H21NO4. The van der Waals surface area contributed by atoms with Crippen molar-refractivity contribution in [3.63, 3.8) is 0 Å². The van der Waals surface area contributed by atoms with Crippen molar-refractivity contribution in [2.45, 2.75) is 44.1 Å². The molecule has 0 saturated carbocycles. The van der Waals surface area contributed by atoms with Crippen LogP contribution in [0.2, 0.25) is 0 Å². The minimum atomic E-state index is 0.397. The third-order valence-corrected chi connectivity index (χ3v) is 4.56. The average molecular weight is 291 g/mol. The zero-order valence-electron chi connectivity index (χ0n) is 12.3. The SMILES string of the molecule is COc1cc(CNC2CC3CCC2O3)cc2c1OCCO2. The van der Waals surface area contributed by atoms with Crippen molar-refractivity contribution in [1.82, 2.24) is 5.32 Å². The number of rotatable bonds is 4. The van der Waals surface area contributed by atoms with Crippen molar-refractivity contribution in [2.24, 2.45) is 0 Å². The summed E-state index contributed by atoms with van der Waals surface area (Å²) in [6, 6.07) is 4.54. The highest BCUT2D eigenvalue weighted by Crippen LogP contribution is 2.40. The van der Waals surface area contributed by atoms with Crippen LogP contribution in [-0.4, -0.2) is 38.6 Å². The van der Waals surface area contributed by atoms with Gasteiger partial charge in [0.2, 0.25) is 5.75 Å². The van der Waals surface area contributed by atoms with Gasteiger partial charge in [0, 0.05) is 12.6 Å². The highest BCUT2D eigenvalue weighted by atomic mass is 16.6. The molecule has 0 spiro atoms. The third-order valence-electron chi connectivity index (χ3n) is 4.56.